The SMILES string of the molecule is CCN1CC2CC1(C(NC(=O)c1c(C)cccc1C)c1ccccc1)C2. The molecule has 1 atom stereocenters. The lowest BCUT2D eigenvalue weighted by atomic mass is 9.67. The molecule has 2 aromatic rings. The second-order valence-electron chi connectivity index (χ2n) is 8.00. The number of amides is 1. The summed E-state index contributed by atoms with van der Waals surface area (Å²) in [5, 5.41) is 3.44. The molecule has 1 N–H and O–H groups in total. The van der Waals surface area contributed by atoms with Crippen LogP contribution >= 0.6 is 0 Å². The van der Waals surface area contributed by atoms with Gasteiger partial charge in [-0.25, -0.2) is 0 Å². The predicted octanol–water partition coefficient (Wildman–Crippen LogP) is 4.26. The minimum atomic E-state index is 0.0360. The number of hydrogen-bond donors (Lipinski definition) is 1. The summed E-state index contributed by atoms with van der Waals surface area (Å²) in [7, 11) is 0. The average molecular weight is 348 g/mol. The highest BCUT2D eigenvalue weighted by Gasteiger charge is 2.59. The Morgan fingerprint density at radius 3 is 2.38 bits per heavy atom. The maximum Gasteiger partial charge on any atom is 0.252 e. The third kappa shape index (κ3) is 2.66. The van der Waals surface area contributed by atoms with Crippen molar-refractivity contribution in [3.63, 3.8) is 0 Å². The summed E-state index contributed by atoms with van der Waals surface area (Å²) in [6, 6.07) is 16.6. The van der Waals surface area contributed by atoms with Crippen molar-refractivity contribution in [2.45, 2.75) is 45.2 Å². The van der Waals surface area contributed by atoms with E-state index in [0.717, 1.165) is 29.2 Å². The van der Waals surface area contributed by atoms with Gasteiger partial charge in [-0.15, -0.1) is 0 Å². The second-order valence-corrected chi connectivity index (χ2v) is 8.00. The molecule has 2 heterocycles. The molecule has 3 heteroatoms. The van der Waals surface area contributed by atoms with Gasteiger partial charge in [-0.05, 0) is 55.8 Å². The highest BCUT2D eigenvalue weighted by molar-refractivity contribution is 5.97. The third-order valence-electron chi connectivity index (χ3n) is 6.43. The Morgan fingerprint density at radius 2 is 1.77 bits per heavy atom. The van der Waals surface area contributed by atoms with E-state index in [1.807, 2.05) is 38.1 Å². The number of fused-ring (bicyclic) bond motifs is 1. The maximum atomic E-state index is 13.3. The van der Waals surface area contributed by atoms with Crippen molar-refractivity contribution in [3.8, 4) is 0 Å². The van der Waals surface area contributed by atoms with Gasteiger partial charge in [0.15, 0.2) is 0 Å². The minimum absolute atomic E-state index is 0.0360. The Bertz CT molecular complexity index is 788. The van der Waals surface area contributed by atoms with Crippen LogP contribution in [0.5, 0.6) is 0 Å². The van der Waals surface area contributed by atoms with Gasteiger partial charge < -0.3 is 5.32 Å². The van der Waals surface area contributed by atoms with Crippen molar-refractivity contribution in [1.29, 1.82) is 0 Å². The lowest BCUT2D eigenvalue weighted by Crippen LogP contribution is -2.56. The van der Waals surface area contributed by atoms with Crippen molar-refractivity contribution < 1.29 is 4.79 Å². The standard InChI is InChI=1S/C23H28N2O/c1-4-25-15-18-13-23(25,14-18)21(19-11-6-5-7-12-19)24-22(26)20-16(2)9-8-10-17(20)3/h5-12,18,21H,4,13-15H2,1-3H3,(H,24,26). The van der Waals surface area contributed by atoms with Gasteiger partial charge in [-0.2, -0.15) is 0 Å². The third-order valence-corrected chi connectivity index (χ3v) is 6.43. The summed E-state index contributed by atoms with van der Waals surface area (Å²) >= 11 is 0. The first-order valence-electron chi connectivity index (χ1n) is 9.72. The summed E-state index contributed by atoms with van der Waals surface area (Å²) in [5.41, 5.74) is 4.19. The highest BCUT2D eigenvalue weighted by Crippen LogP contribution is 2.56. The molecule has 0 radical (unpaired) electrons. The Hall–Kier alpha value is -2.13. The number of rotatable bonds is 5. The Labute approximate surface area is 156 Å². The van der Waals surface area contributed by atoms with Crippen LogP contribution in [0.2, 0.25) is 0 Å². The number of carbonyl (C=O) groups excluding carboxylic acids is 1. The predicted molar refractivity (Wildman–Crippen MR) is 105 cm³/mol. The van der Waals surface area contributed by atoms with Crippen LogP contribution in [0.15, 0.2) is 48.5 Å². The number of nitrogens with zero attached hydrogens (tertiary/aromatic N) is 1. The van der Waals surface area contributed by atoms with Crippen LogP contribution in [0.4, 0.5) is 0 Å². The molecule has 26 heavy (non-hydrogen) atoms. The first-order valence-corrected chi connectivity index (χ1v) is 9.72. The van der Waals surface area contributed by atoms with E-state index in [1.165, 1.54) is 24.9 Å². The fourth-order valence-corrected chi connectivity index (χ4v) is 5.23. The van der Waals surface area contributed by atoms with Crippen molar-refractivity contribution in [1.82, 2.24) is 10.2 Å². The molecule has 136 valence electrons. The molecule has 3 aliphatic rings. The van der Waals surface area contributed by atoms with Gasteiger partial charge in [0, 0.05) is 17.6 Å². The first-order chi connectivity index (χ1) is 12.5. The molecule has 2 aliphatic heterocycles. The van der Waals surface area contributed by atoms with E-state index in [9.17, 15) is 4.79 Å². The Balaban J connectivity index is 1.70. The van der Waals surface area contributed by atoms with Crippen LogP contribution in [-0.2, 0) is 0 Å². The smallest absolute Gasteiger partial charge is 0.252 e. The maximum absolute atomic E-state index is 13.3. The van der Waals surface area contributed by atoms with Gasteiger partial charge in [0.05, 0.1) is 6.04 Å². The molecule has 2 aromatic carbocycles. The minimum Gasteiger partial charge on any atom is -0.343 e. The monoisotopic (exact) mass is 348 g/mol. The summed E-state index contributed by atoms with van der Waals surface area (Å²) in [6.07, 6.45) is 2.38. The van der Waals surface area contributed by atoms with E-state index >= 15 is 0 Å². The van der Waals surface area contributed by atoms with Gasteiger partial charge in [0.1, 0.15) is 0 Å². The molecular weight excluding hydrogens is 320 g/mol. The average Bonchev–Trinajstić information content (AvgIpc) is 3.15. The van der Waals surface area contributed by atoms with Crippen LogP contribution in [0.1, 0.15) is 52.9 Å². The van der Waals surface area contributed by atoms with Gasteiger partial charge >= 0.3 is 0 Å². The molecular formula is C23H28N2O. The van der Waals surface area contributed by atoms with Gasteiger partial charge in [0.2, 0.25) is 0 Å². The lowest BCUT2D eigenvalue weighted by molar-refractivity contribution is 0.0556. The molecule has 3 nitrogen and oxygen atoms in total. The van der Waals surface area contributed by atoms with Crippen molar-refractivity contribution in [3.05, 3.63) is 70.8 Å². The normalized spacial score (nSPS) is 25.6. The number of nitrogens with one attached hydrogen (secondary N) is 1. The van der Waals surface area contributed by atoms with Crippen LogP contribution in [-0.4, -0.2) is 29.4 Å². The molecule has 1 saturated carbocycles. The zero-order chi connectivity index (χ0) is 18.3. The molecule has 1 aliphatic carbocycles. The van der Waals surface area contributed by atoms with Crippen LogP contribution in [0.3, 0.4) is 0 Å². The molecule has 0 spiro atoms. The largest absolute Gasteiger partial charge is 0.343 e. The van der Waals surface area contributed by atoms with E-state index in [0.29, 0.717) is 0 Å². The van der Waals surface area contributed by atoms with Gasteiger partial charge in [-0.1, -0.05) is 55.5 Å². The number of carbonyl (C=O) groups is 1. The summed E-state index contributed by atoms with van der Waals surface area (Å²) < 4.78 is 0. The summed E-state index contributed by atoms with van der Waals surface area (Å²) in [4.78, 5) is 15.8. The molecule has 1 unspecified atom stereocenters. The van der Waals surface area contributed by atoms with Crippen LogP contribution in [0.25, 0.3) is 0 Å². The number of likely N-dealkylation sites (N-methyl/N-ethyl adjacent to an activating group) is 1. The zero-order valence-electron chi connectivity index (χ0n) is 16.0. The fraction of sp³-hybridized carbons (Fsp3) is 0.435. The van der Waals surface area contributed by atoms with Crippen molar-refractivity contribution in [2.75, 3.05) is 13.1 Å². The molecule has 2 bridgehead atoms. The van der Waals surface area contributed by atoms with E-state index < -0.39 is 0 Å². The lowest BCUT2D eigenvalue weighted by Gasteiger charge is -2.48. The zero-order valence-corrected chi connectivity index (χ0v) is 16.0. The molecule has 5 rings (SSSR count). The van der Waals surface area contributed by atoms with E-state index in [-0.39, 0.29) is 17.5 Å². The van der Waals surface area contributed by atoms with Gasteiger partial charge in [-0.3, -0.25) is 9.69 Å². The van der Waals surface area contributed by atoms with E-state index in [4.69, 9.17) is 0 Å². The Kier molecular flexibility index (Phi) is 4.36. The van der Waals surface area contributed by atoms with E-state index in [1.54, 1.807) is 0 Å². The fourth-order valence-electron chi connectivity index (χ4n) is 5.23. The van der Waals surface area contributed by atoms with Gasteiger partial charge in [0.25, 0.3) is 5.91 Å². The van der Waals surface area contributed by atoms with Crippen LogP contribution < -0.4 is 5.32 Å². The number of aryl methyl sites for hydroxylation is 2. The number of benzene rings is 2. The quantitative estimate of drug-likeness (QED) is 0.876. The summed E-state index contributed by atoms with van der Waals surface area (Å²) in [5.74, 6) is 0.841. The van der Waals surface area contributed by atoms with E-state index in [2.05, 4.69) is 41.4 Å². The Morgan fingerprint density at radius 1 is 1.12 bits per heavy atom. The van der Waals surface area contributed by atoms with Crippen LogP contribution in [0, 0.1) is 19.8 Å². The first kappa shape index (κ1) is 17.3. The number of hydrogen-bond acceptors (Lipinski definition) is 2. The topological polar surface area (TPSA) is 32.3 Å². The van der Waals surface area contributed by atoms with Crippen molar-refractivity contribution >= 4 is 5.91 Å². The second kappa shape index (κ2) is 6.55. The molecule has 0 aromatic heterocycles. The molecule has 1 amide bonds. The summed E-state index contributed by atoms with van der Waals surface area (Å²) in [6.45, 7) is 8.48. The molecule has 3 fully saturated rings. The van der Waals surface area contributed by atoms with Crippen molar-refractivity contribution in [2.24, 2.45) is 5.92 Å². The molecule has 2 saturated heterocycles. The highest BCUT2D eigenvalue weighted by atomic mass is 16.1.